The van der Waals surface area contributed by atoms with Crippen LogP contribution in [-0.4, -0.2) is 5.11 Å². The van der Waals surface area contributed by atoms with Crippen LogP contribution in [0.5, 0.6) is 5.75 Å². The fourth-order valence-corrected chi connectivity index (χ4v) is 1.96. The molecule has 1 aromatic rings. The van der Waals surface area contributed by atoms with Crippen molar-refractivity contribution in [3.05, 3.63) is 27.5 Å². The minimum absolute atomic E-state index is 0.109. The summed E-state index contributed by atoms with van der Waals surface area (Å²) >= 11 is 6.01. The van der Waals surface area contributed by atoms with Crippen LogP contribution in [0.25, 0.3) is 0 Å². The van der Waals surface area contributed by atoms with Crippen LogP contribution in [0.2, 0.25) is 5.02 Å². The second kappa shape index (κ2) is 4.40. The summed E-state index contributed by atoms with van der Waals surface area (Å²) < 4.78 is 13.6. The molecule has 0 aliphatic carbocycles. The molecule has 0 aromatic heterocycles. The van der Waals surface area contributed by atoms with Gasteiger partial charge in [0.1, 0.15) is 0 Å². The number of benzene rings is 1. The van der Waals surface area contributed by atoms with Gasteiger partial charge < -0.3 is 5.11 Å². The first-order chi connectivity index (χ1) is 6.91. The third-order valence-electron chi connectivity index (χ3n) is 2.96. The Morgan fingerprint density at radius 1 is 1.33 bits per heavy atom. The third kappa shape index (κ3) is 1.96. The van der Waals surface area contributed by atoms with Crippen LogP contribution in [0.1, 0.15) is 42.9 Å². The topological polar surface area (TPSA) is 20.2 Å². The van der Waals surface area contributed by atoms with Gasteiger partial charge in [0, 0.05) is 16.1 Å². The van der Waals surface area contributed by atoms with E-state index in [9.17, 15) is 9.50 Å². The molecule has 0 aliphatic heterocycles. The number of hydrogen-bond acceptors (Lipinski definition) is 1. The first-order valence-corrected chi connectivity index (χ1v) is 5.46. The van der Waals surface area contributed by atoms with Crippen LogP contribution in [0.4, 0.5) is 4.39 Å². The monoisotopic (exact) mass is 230 g/mol. The largest absolute Gasteiger partial charge is 0.505 e. The molecule has 0 spiro atoms. The Hall–Kier alpha value is -0.760. The van der Waals surface area contributed by atoms with Crippen LogP contribution in [-0.2, 0) is 0 Å². The molecule has 1 N–H and O–H groups in total. The molecular formula is C12H16ClFO. The van der Waals surface area contributed by atoms with Crippen LogP contribution >= 0.6 is 11.6 Å². The van der Waals surface area contributed by atoms with E-state index in [4.69, 9.17) is 11.6 Å². The maximum atomic E-state index is 13.6. The van der Waals surface area contributed by atoms with Crippen molar-refractivity contribution >= 4 is 11.6 Å². The molecule has 0 fully saturated rings. The number of rotatable bonds is 2. The summed E-state index contributed by atoms with van der Waals surface area (Å²) in [6, 6.07) is 0. The summed E-state index contributed by atoms with van der Waals surface area (Å²) in [4.78, 5) is 0. The molecule has 0 aliphatic rings. The quantitative estimate of drug-likeness (QED) is 0.803. The van der Waals surface area contributed by atoms with E-state index < -0.39 is 5.82 Å². The predicted octanol–water partition coefficient (Wildman–Crippen LogP) is 4.32. The molecule has 0 saturated heterocycles. The second-order valence-corrected chi connectivity index (χ2v) is 4.33. The van der Waals surface area contributed by atoms with Crippen molar-refractivity contribution in [1.82, 2.24) is 0 Å². The van der Waals surface area contributed by atoms with Gasteiger partial charge in [-0.2, -0.15) is 0 Å². The molecule has 1 rings (SSSR count). The molecular weight excluding hydrogens is 215 g/mol. The van der Waals surface area contributed by atoms with Crippen LogP contribution < -0.4 is 0 Å². The van der Waals surface area contributed by atoms with Gasteiger partial charge in [0.05, 0.1) is 0 Å². The molecule has 1 nitrogen and oxygen atoms in total. The zero-order valence-corrected chi connectivity index (χ0v) is 10.2. The van der Waals surface area contributed by atoms with Gasteiger partial charge in [0.15, 0.2) is 11.6 Å². The van der Waals surface area contributed by atoms with Gasteiger partial charge in [0.2, 0.25) is 0 Å². The Labute approximate surface area is 94.9 Å². The standard InChI is InChI=1S/C12H16ClFO/c1-5-6(2)9-7(3)10(13)8(4)11(14)12(9)15/h6,15H,5H2,1-4H3. The van der Waals surface area contributed by atoms with Gasteiger partial charge in [-0.05, 0) is 31.7 Å². The fraction of sp³-hybridized carbons (Fsp3) is 0.500. The number of aromatic hydroxyl groups is 1. The molecule has 0 bridgehead atoms. The van der Waals surface area contributed by atoms with Crippen LogP contribution in [0, 0.1) is 19.7 Å². The molecule has 1 unspecified atom stereocenters. The molecule has 0 amide bonds. The average Bonchev–Trinajstić information content (AvgIpc) is 2.23. The Morgan fingerprint density at radius 2 is 1.87 bits per heavy atom. The summed E-state index contributed by atoms with van der Waals surface area (Å²) in [6.07, 6.45) is 0.841. The summed E-state index contributed by atoms with van der Waals surface area (Å²) in [6.45, 7) is 7.34. The van der Waals surface area contributed by atoms with E-state index in [1.54, 1.807) is 6.92 Å². The molecule has 0 heterocycles. The average molecular weight is 231 g/mol. The predicted molar refractivity (Wildman–Crippen MR) is 61.3 cm³/mol. The third-order valence-corrected chi connectivity index (χ3v) is 3.53. The molecule has 0 saturated carbocycles. The summed E-state index contributed by atoms with van der Waals surface area (Å²) in [7, 11) is 0. The zero-order valence-electron chi connectivity index (χ0n) is 9.49. The minimum Gasteiger partial charge on any atom is -0.505 e. The fourth-order valence-electron chi connectivity index (χ4n) is 1.78. The van der Waals surface area contributed by atoms with Gasteiger partial charge in [0.25, 0.3) is 0 Å². The van der Waals surface area contributed by atoms with Crippen molar-refractivity contribution in [2.75, 3.05) is 0 Å². The number of phenols is 1. The number of hydrogen-bond donors (Lipinski definition) is 1. The Morgan fingerprint density at radius 3 is 2.33 bits per heavy atom. The molecule has 0 radical (unpaired) electrons. The van der Waals surface area contributed by atoms with Gasteiger partial charge in [-0.1, -0.05) is 25.4 Å². The Balaban J connectivity index is 3.52. The Kier molecular flexibility index (Phi) is 3.61. The molecule has 1 aromatic carbocycles. The van der Waals surface area contributed by atoms with Crippen molar-refractivity contribution in [1.29, 1.82) is 0 Å². The highest BCUT2D eigenvalue weighted by atomic mass is 35.5. The summed E-state index contributed by atoms with van der Waals surface area (Å²) in [5.74, 6) is -0.734. The Bertz CT molecular complexity index is 359. The van der Waals surface area contributed by atoms with E-state index in [0.29, 0.717) is 16.1 Å². The lowest BCUT2D eigenvalue weighted by atomic mass is 9.91. The van der Waals surface area contributed by atoms with Crippen molar-refractivity contribution in [3.8, 4) is 5.75 Å². The highest BCUT2D eigenvalue weighted by molar-refractivity contribution is 6.32. The first-order valence-electron chi connectivity index (χ1n) is 5.08. The van der Waals surface area contributed by atoms with E-state index in [1.165, 1.54) is 0 Å². The summed E-state index contributed by atoms with van der Waals surface area (Å²) in [5, 5.41) is 10.2. The van der Waals surface area contributed by atoms with Crippen LogP contribution in [0.3, 0.4) is 0 Å². The minimum atomic E-state index is -0.596. The van der Waals surface area contributed by atoms with E-state index in [-0.39, 0.29) is 11.7 Å². The first kappa shape index (κ1) is 12.3. The molecule has 84 valence electrons. The van der Waals surface area contributed by atoms with E-state index in [2.05, 4.69) is 0 Å². The van der Waals surface area contributed by atoms with Crippen molar-refractivity contribution in [2.24, 2.45) is 0 Å². The van der Waals surface area contributed by atoms with E-state index >= 15 is 0 Å². The zero-order chi connectivity index (χ0) is 11.7. The van der Waals surface area contributed by atoms with Gasteiger partial charge in [-0.25, -0.2) is 4.39 Å². The van der Waals surface area contributed by atoms with Crippen molar-refractivity contribution in [2.45, 2.75) is 40.0 Å². The van der Waals surface area contributed by atoms with Gasteiger partial charge >= 0.3 is 0 Å². The van der Waals surface area contributed by atoms with Crippen molar-refractivity contribution in [3.63, 3.8) is 0 Å². The lowest BCUT2D eigenvalue weighted by molar-refractivity contribution is 0.418. The molecule has 3 heteroatoms. The lowest BCUT2D eigenvalue weighted by Crippen LogP contribution is -2.01. The summed E-state index contributed by atoms with van der Waals surface area (Å²) in [5.41, 5.74) is 1.73. The molecule has 1 atom stereocenters. The maximum absolute atomic E-state index is 13.6. The normalized spacial score (nSPS) is 12.9. The van der Waals surface area contributed by atoms with E-state index in [0.717, 1.165) is 12.0 Å². The van der Waals surface area contributed by atoms with Crippen molar-refractivity contribution < 1.29 is 9.50 Å². The van der Waals surface area contributed by atoms with Gasteiger partial charge in [-0.3, -0.25) is 0 Å². The second-order valence-electron chi connectivity index (χ2n) is 3.95. The highest BCUT2D eigenvalue weighted by Gasteiger charge is 2.21. The lowest BCUT2D eigenvalue weighted by Gasteiger charge is -2.18. The van der Waals surface area contributed by atoms with E-state index in [1.807, 2.05) is 20.8 Å². The number of phenolic OH excluding ortho intramolecular Hbond substituents is 1. The highest BCUT2D eigenvalue weighted by Crippen LogP contribution is 2.39. The maximum Gasteiger partial charge on any atom is 0.169 e. The van der Waals surface area contributed by atoms with Crippen LogP contribution in [0.15, 0.2) is 0 Å². The molecule has 15 heavy (non-hydrogen) atoms. The SMILES string of the molecule is CCC(C)c1c(C)c(Cl)c(C)c(F)c1O. The number of halogens is 2. The van der Waals surface area contributed by atoms with Gasteiger partial charge in [-0.15, -0.1) is 0 Å². The smallest absolute Gasteiger partial charge is 0.169 e.